The van der Waals surface area contributed by atoms with Crippen LogP contribution in [0.5, 0.6) is 0 Å². The lowest BCUT2D eigenvalue weighted by molar-refractivity contribution is 0.656. The van der Waals surface area contributed by atoms with Crippen LogP contribution in [0.15, 0.2) is 212 Å². The minimum atomic E-state index is 0.789. The van der Waals surface area contributed by atoms with E-state index in [2.05, 4.69) is 207 Å². The number of rotatable bonds is 6. The van der Waals surface area contributed by atoms with Gasteiger partial charge in [-0.15, -0.1) is 0 Å². The number of fused-ring (bicyclic) bond motifs is 14. The zero-order chi connectivity index (χ0) is 47.9. The second kappa shape index (κ2) is 15.1. The standard InChI is InChI=1S/C66H44N2O4/c1-37-13-5-9-17-55(37)67(63-39(3)21-27-49-47-15-7-11-19-57(47)71-65(49)63)45-25-23-41-31-51-53-35-54-52-32-42-24-26-46(30-44(42)34-60(52)70-62(54)36-61(53)69-59(51)33-43(41)29-45)68(56-18-10-6-14-38(56)2)64-40(4)22-28-50-48-16-8-12-20-58(48)72-66(50)64/h5-36H,1-4H3. The third-order valence-corrected chi connectivity index (χ3v) is 15.1. The molecule has 0 atom stereocenters. The molecular weight excluding hydrogens is 885 g/mol. The summed E-state index contributed by atoms with van der Waals surface area (Å²) in [5.41, 5.74) is 17.6. The number of aryl methyl sites for hydroxylation is 4. The zero-order valence-corrected chi connectivity index (χ0v) is 40.0. The highest BCUT2D eigenvalue weighted by Crippen LogP contribution is 2.49. The Hall–Kier alpha value is -9.26. The highest BCUT2D eigenvalue weighted by Gasteiger charge is 2.26. The first-order valence-corrected chi connectivity index (χ1v) is 24.5. The number of hydrogen-bond donors (Lipinski definition) is 0. The number of nitrogens with zero attached hydrogens (tertiary/aromatic N) is 2. The Kier molecular flexibility index (Phi) is 8.53. The molecule has 15 aromatic rings. The number of hydrogen-bond acceptors (Lipinski definition) is 6. The van der Waals surface area contributed by atoms with Crippen molar-refractivity contribution in [3.63, 3.8) is 0 Å². The molecule has 6 nitrogen and oxygen atoms in total. The molecule has 0 saturated heterocycles. The fourth-order valence-electron chi connectivity index (χ4n) is 11.5. The van der Waals surface area contributed by atoms with Crippen molar-refractivity contribution in [3.05, 3.63) is 216 Å². The van der Waals surface area contributed by atoms with Gasteiger partial charge in [-0.3, -0.25) is 0 Å². The zero-order valence-electron chi connectivity index (χ0n) is 40.0. The molecule has 0 amide bonds. The third kappa shape index (κ3) is 5.96. The van der Waals surface area contributed by atoms with Crippen molar-refractivity contribution < 1.29 is 17.7 Å². The van der Waals surface area contributed by atoms with Crippen LogP contribution in [-0.4, -0.2) is 0 Å². The molecule has 0 bridgehead atoms. The fraction of sp³-hybridized carbons (Fsp3) is 0.0606. The lowest BCUT2D eigenvalue weighted by atomic mass is 10.0. The van der Waals surface area contributed by atoms with Crippen molar-refractivity contribution in [1.82, 2.24) is 0 Å². The summed E-state index contributed by atoms with van der Waals surface area (Å²) in [5, 5.41) is 13.1. The quantitative estimate of drug-likeness (QED) is 0.166. The van der Waals surface area contributed by atoms with Gasteiger partial charge in [-0.25, -0.2) is 0 Å². The number of anilines is 6. The minimum absolute atomic E-state index is 0.789. The van der Waals surface area contributed by atoms with Crippen LogP contribution >= 0.6 is 0 Å². The first kappa shape index (κ1) is 40.6. The minimum Gasteiger partial charge on any atom is -0.456 e. The third-order valence-electron chi connectivity index (χ3n) is 15.1. The van der Waals surface area contributed by atoms with Gasteiger partial charge in [0.1, 0.15) is 33.5 Å². The van der Waals surface area contributed by atoms with Gasteiger partial charge in [0, 0.05) is 71.9 Å². The molecule has 11 aromatic carbocycles. The Balaban J connectivity index is 0.850. The van der Waals surface area contributed by atoms with Gasteiger partial charge in [0.15, 0.2) is 11.2 Å². The molecule has 0 saturated carbocycles. The van der Waals surface area contributed by atoms with E-state index in [0.29, 0.717) is 0 Å². The van der Waals surface area contributed by atoms with Crippen molar-refractivity contribution in [2.45, 2.75) is 27.7 Å². The smallest absolute Gasteiger partial charge is 0.159 e. The van der Waals surface area contributed by atoms with Crippen LogP contribution in [0.3, 0.4) is 0 Å². The summed E-state index contributed by atoms with van der Waals surface area (Å²) >= 11 is 0. The van der Waals surface area contributed by atoms with E-state index in [-0.39, 0.29) is 0 Å². The van der Waals surface area contributed by atoms with Gasteiger partial charge < -0.3 is 27.5 Å². The highest BCUT2D eigenvalue weighted by molar-refractivity contribution is 6.19. The van der Waals surface area contributed by atoms with Gasteiger partial charge in [0.2, 0.25) is 0 Å². The molecule has 72 heavy (non-hydrogen) atoms. The predicted octanol–water partition coefficient (Wildman–Crippen LogP) is 19.8. The summed E-state index contributed by atoms with van der Waals surface area (Å²) in [6.07, 6.45) is 0. The van der Waals surface area contributed by atoms with Gasteiger partial charge in [0.05, 0.1) is 11.4 Å². The molecule has 6 heteroatoms. The maximum Gasteiger partial charge on any atom is 0.159 e. The Morgan fingerprint density at radius 1 is 0.264 bits per heavy atom. The molecule has 0 aliphatic carbocycles. The molecule has 0 aliphatic rings. The van der Waals surface area contributed by atoms with Gasteiger partial charge in [0.25, 0.3) is 0 Å². The van der Waals surface area contributed by atoms with E-state index in [1.807, 2.05) is 24.3 Å². The van der Waals surface area contributed by atoms with Gasteiger partial charge >= 0.3 is 0 Å². The van der Waals surface area contributed by atoms with E-state index >= 15 is 0 Å². The number of benzene rings is 11. The second-order valence-corrected chi connectivity index (χ2v) is 19.5. The van der Waals surface area contributed by atoms with Crippen LogP contribution in [0.25, 0.3) is 109 Å². The molecule has 0 aliphatic heterocycles. The topological polar surface area (TPSA) is 59.0 Å². The van der Waals surface area contributed by atoms with Crippen LogP contribution in [0.4, 0.5) is 34.1 Å². The molecule has 15 rings (SSSR count). The summed E-state index contributed by atoms with van der Waals surface area (Å²) in [4.78, 5) is 4.71. The number of para-hydroxylation sites is 4. The van der Waals surface area contributed by atoms with Crippen molar-refractivity contribution >= 4 is 143 Å². The highest BCUT2D eigenvalue weighted by atomic mass is 16.3. The van der Waals surface area contributed by atoms with Gasteiger partial charge in [-0.1, -0.05) is 109 Å². The monoisotopic (exact) mass is 928 g/mol. The summed E-state index contributed by atoms with van der Waals surface area (Å²) in [6, 6.07) is 69.1. The second-order valence-electron chi connectivity index (χ2n) is 19.5. The van der Waals surface area contributed by atoms with Crippen LogP contribution in [0.2, 0.25) is 0 Å². The van der Waals surface area contributed by atoms with E-state index in [4.69, 9.17) is 17.7 Å². The summed E-state index contributed by atoms with van der Waals surface area (Å²) < 4.78 is 26.8. The largest absolute Gasteiger partial charge is 0.456 e. The van der Waals surface area contributed by atoms with Crippen LogP contribution in [0, 0.1) is 27.7 Å². The summed E-state index contributed by atoms with van der Waals surface area (Å²) in [5.74, 6) is 0. The van der Waals surface area contributed by atoms with Crippen molar-refractivity contribution in [3.8, 4) is 0 Å². The van der Waals surface area contributed by atoms with Crippen LogP contribution in [-0.2, 0) is 0 Å². The predicted molar refractivity (Wildman–Crippen MR) is 299 cm³/mol. The summed E-state index contributed by atoms with van der Waals surface area (Å²) in [6.45, 7) is 8.66. The Labute approximate surface area is 413 Å². The molecule has 0 fully saturated rings. The molecule has 0 radical (unpaired) electrons. The molecule has 0 unspecified atom stereocenters. The Bertz CT molecular complexity index is 4480. The average molecular weight is 929 g/mol. The van der Waals surface area contributed by atoms with E-state index in [0.717, 1.165) is 155 Å². The SMILES string of the molecule is Cc1ccccc1N(c1ccc2cc3c(cc2c1)oc1cc2oc4cc5cc(N(c6ccccc6C)c6c(C)ccc7c6oc6ccccc67)ccc5cc4c2cc13)c1c(C)ccc2c1oc1ccccc12. The summed E-state index contributed by atoms with van der Waals surface area (Å²) in [7, 11) is 0. The van der Waals surface area contributed by atoms with Crippen molar-refractivity contribution in [2.75, 3.05) is 9.80 Å². The maximum atomic E-state index is 6.73. The van der Waals surface area contributed by atoms with Crippen LogP contribution in [0.1, 0.15) is 22.3 Å². The van der Waals surface area contributed by atoms with E-state index < -0.39 is 0 Å². The molecule has 4 aromatic heterocycles. The normalized spacial score (nSPS) is 12.2. The maximum absolute atomic E-state index is 6.73. The van der Waals surface area contributed by atoms with Crippen LogP contribution < -0.4 is 9.80 Å². The Morgan fingerprint density at radius 3 is 1.15 bits per heavy atom. The lowest BCUT2D eigenvalue weighted by Gasteiger charge is -2.28. The van der Waals surface area contributed by atoms with E-state index in [9.17, 15) is 0 Å². The van der Waals surface area contributed by atoms with Gasteiger partial charge in [-0.05, 0) is 150 Å². The lowest BCUT2D eigenvalue weighted by Crippen LogP contribution is -2.13. The average Bonchev–Trinajstić information content (AvgIpc) is 4.16. The molecule has 0 spiro atoms. The molecule has 0 N–H and O–H groups in total. The molecule has 342 valence electrons. The van der Waals surface area contributed by atoms with Gasteiger partial charge in [-0.2, -0.15) is 0 Å². The van der Waals surface area contributed by atoms with E-state index in [1.165, 1.54) is 11.1 Å². The van der Waals surface area contributed by atoms with E-state index in [1.54, 1.807) is 0 Å². The Morgan fingerprint density at radius 2 is 0.681 bits per heavy atom. The van der Waals surface area contributed by atoms with Crippen molar-refractivity contribution in [1.29, 1.82) is 0 Å². The molecule has 4 heterocycles. The first-order chi connectivity index (χ1) is 35.3. The first-order valence-electron chi connectivity index (χ1n) is 24.5. The molecular formula is C66H44N2O4. The van der Waals surface area contributed by atoms with Crippen molar-refractivity contribution in [2.24, 2.45) is 0 Å². The fourth-order valence-corrected chi connectivity index (χ4v) is 11.5. The number of furan rings is 4.